The van der Waals surface area contributed by atoms with E-state index in [1.165, 1.54) is 5.56 Å². The molecule has 0 saturated carbocycles. The molecule has 2 aromatic heterocycles. The number of pyridine rings is 1. The highest BCUT2D eigenvalue weighted by molar-refractivity contribution is 5.77. The number of benzene rings is 1. The third-order valence-corrected chi connectivity index (χ3v) is 3.11. The van der Waals surface area contributed by atoms with Gasteiger partial charge in [-0.15, -0.1) is 0 Å². The highest BCUT2D eigenvalue weighted by atomic mass is 16.5. The van der Waals surface area contributed by atoms with Crippen LogP contribution in [0.1, 0.15) is 18.9 Å². The molecule has 0 saturated heterocycles. The van der Waals surface area contributed by atoms with Crippen LogP contribution in [0, 0.1) is 6.92 Å². The molecule has 0 spiro atoms. The summed E-state index contributed by atoms with van der Waals surface area (Å²) < 4.78 is 5.84. The predicted octanol–water partition coefficient (Wildman–Crippen LogP) is 3.72. The fourth-order valence-electron chi connectivity index (χ4n) is 2.13. The van der Waals surface area contributed by atoms with Gasteiger partial charge in [0.05, 0.1) is 17.7 Å². The fraction of sp³-hybridized carbons (Fsp3) is 0.250. The third-order valence-electron chi connectivity index (χ3n) is 3.11. The second kappa shape index (κ2) is 5.33. The van der Waals surface area contributed by atoms with E-state index < -0.39 is 0 Å². The molecule has 2 heterocycles. The van der Waals surface area contributed by atoms with E-state index >= 15 is 0 Å². The van der Waals surface area contributed by atoms with Crippen molar-refractivity contribution in [2.24, 2.45) is 0 Å². The smallest absolute Gasteiger partial charge is 0.178 e. The maximum absolute atomic E-state index is 5.84. The lowest BCUT2D eigenvalue weighted by atomic mass is 10.1. The van der Waals surface area contributed by atoms with Crippen LogP contribution in [0.2, 0.25) is 0 Å². The first kappa shape index (κ1) is 12.7. The van der Waals surface area contributed by atoms with Gasteiger partial charge in [-0.2, -0.15) is 0 Å². The Hall–Kier alpha value is -2.36. The number of nitrogens with zero attached hydrogens (tertiary/aromatic N) is 2. The maximum atomic E-state index is 5.84. The van der Waals surface area contributed by atoms with Crippen molar-refractivity contribution in [1.29, 1.82) is 0 Å². The minimum atomic E-state index is 0.703. The molecule has 0 atom stereocenters. The molecular formula is C16H17N3O. The van der Waals surface area contributed by atoms with Gasteiger partial charge in [-0.25, -0.2) is 9.97 Å². The lowest BCUT2D eigenvalue weighted by Gasteiger charge is -2.10. The van der Waals surface area contributed by atoms with E-state index in [9.17, 15) is 0 Å². The first-order chi connectivity index (χ1) is 9.78. The minimum Gasteiger partial charge on any atom is -0.493 e. The molecule has 0 aliphatic rings. The average molecular weight is 267 g/mol. The SMILES string of the molecule is CCCOc1cc(C)ccc1-c1nc2ncccc2[nH]1. The molecule has 0 bridgehead atoms. The molecule has 0 amide bonds. The normalized spacial score (nSPS) is 10.9. The number of fused-ring (bicyclic) bond motifs is 1. The summed E-state index contributed by atoms with van der Waals surface area (Å²) in [7, 11) is 0. The summed E-state index contributed by atoms with van der Waals surface area (Å²) in [5, 5.41) is 0. The number of aromatic nitrogens is 3. The Morgan fingerprint density at radius 1 is 1.25 bits per heavy atom. The van der Waals surface area contributed by atoms with Crippen molar-refractivity contribution in [2.75, 3.05) is 6.61 Å². The van der Waals surface area contributed by atoms with Crippen molar-refractivity contribution in [3.8, 4) is 17.1 Å². The van der Waals surface area contributed by atoms with Gasteiger partial charge in [0, 0.05) is 6.20 Å². The number of H-pyrrole nitrogens is 1. The maximum Gasteiger partial charge on any atom is 0.178 e. The predicted molar refractivity (Wildman–Crippen MR) is 79.8 cm³/mol. The van der Waals surface area contributed by atoms with Crippen molar-refractivity contribution in [3.63, 3.8) is 0 Å². The summed E-state index contributed by atoms with van der Waals surface area (Å²) in [4.78, 5) is 12.1. The Balaban J connectivity index is 2.07. The van der Waals surface area contributed by atoms with Gasteiger partial charge in [0.15, 0.2) is 5.65 Å². The van der Waals surface area contributed by atoms with Crippen LogP contribution in [0.15, 0.2) is 36.5 Å². The van der Waals surface area contributed by atoms with E-state index in [0.717, 1.165) is 34.7 Å². The number of imidazole rings is 1. The molecule has 4 heteroatoms. The number of rotatable bonds is 4. The highest BCUT2D eigenvalue weighted by Crippen LogP contribution is 2.30. The van der Waals surface area contributed by atoms with E-state index in [-0.39, 0.29) is 0 Å². The van der Waals surface area contributed by atoms with Gasteiger partial charge in [-0.05, 0) is 43.2 Å². The Labute approximate surface area is 117 Å². The van der Waals surface area contributed by atoms with Crippen LogP contribution in [-0.2, 0) is 0 Å². The largest absolute Gasteiger partial charge is 0.493 e. The number of aryl methyl sites for hydroxylation is 1. The molecule has 0 unspecified atom stereocenters. The Morgan fingerprint density at radius 2 is 2.15 bits per heavy atom. The molecule has 0 fully saturated rings. The van der Waals surface area contributed by atoms with Crippen LogP contribution < -0.4 is 4.74 Å². The summed E-state index contributed by atoms with van der Waals surface area (Å²) in [6.07, 6.45) is 2.73. The van der Waals surface area contributed by atoms with Crippen LogP contribution in [0.25, 0.3) is 22.6 Å². The van der Waals surface area contributed by atoms with E-state index in [0.29, 0.717) is 6.61 Å². The molecule has 3 rings (SSSR count). The second-order valence-electron chi connectivity index (χ2n) is 4.81. The number of hydrogen-bond acceptors (Lipinski definition) is 3. The van der Waals surface area contributed by atoms with Crippen LogP contribution in [0.5, 0.6) is 5.75 Å². The van der Waals surface area contributed by atoms with Crippen LogP contribution in [-0.4, -0.2) is 21.6 Å². The van der Waals surface area contributed by atoms with Gasteiger partial charge >= 0.3 is 0 Å². The highest BCUT2D eigenvalue weighted by Gasteiger charge is 2.11. The van der Waals surface area contributed by atoms with Gasteiger partial charge in [0.25, 0.3) is 0 Å². The van der Waals surface area contributed by atoms with Crippen molar-refractivity contribution in [3.05, 3.63) is 42.1 Å². The minimum absolute atomic E-state index is 0.703. The molecule has 0 aliphatic heterocycles. The topological polar surface area (TPSA) is 50.8 Å². The van der Waals surface area contributed by atoms with Crippen LogP contribution in [0.3, 0.4) is 0 Å². The van der Waals surface area contributed by atoms with Crippen LogP contribution in [0.4, 0.5) is 0 Å². The van der Waals surface area contributed by atoms with E-state index in [4.69, 9.17) is 4.74 Å². The van der Waals surface area contributed by atoms with Crippen molar-refractivity contribution in [2.45, 2.75) is 20.3 Å². The Bertz CT molecular complexity index is 700. The zero-order chi connectivity index (χ0) is 13.9. The number of ether oxygens (including phenoxy) is 1. The molecule has 0 radical (unpaired) electrons. The lowest BCUT2D eigenvalue weighted by molar-refractivity contribution is 0.318. The summed E-state index contributed by atoms with van der Waals surface area (Å²) >= 11 is 0. The lowest BCUT2D eigenvalue weighted by Crippen LogP contribution is -1.98. The van der Waals surface area contributed by atoms with Gasteiger partial charge in [-0.1, -0.05) is 13.0 Å². The summed E-state index contributed by atoms with van der Waals surface area (Å²) in [5.74, 6) is 1.66. The molecule has 0 aliphatic carbocycles. The number of nitrogens with one attached hydrogen (secondary N) is 1. The molecule has 20 heavy (non-hydrogen) atoms. The van der Waals surface area contributed by atoms with E-state index in [1.54, 1.807) is 6.20 Å². The molecule has 1 N–H and O–H groups in total. The van der Waals surface area contributed by atoms with Crippen molar-refractivity contribution in [1.82, 2.24) is 15.0 Å². The van der Waals surface area contributed by atoms with Crippen LogP contribution >= 0.6 is 0 Å². The first-order valence-electron chi connectivity index (χ1n) is 6.82. The van der Waals surface area contributed by atoms with Crippen molar-refractivity contribution < 1.29 is 4.74 Å². The zero-order valence-corrected chi connectivity index (χ0v) is 11.7. The van der Waals surface area contributed by atoms with E-state index in [2.05, 4.69) is 34.9 Å². The summed E-state index contributed by atoms with van der Waals surface area (Å²) in [6.45, 7) is 4.86. The number of aromatic amines is 1. The quantitative estimate of drug-likeness (QED) is 0.783. The Morgan fingerprint density at radius 3 is 2.95 bits per heavy atom. The van der Waals surface area contributed by atoms with Gasteiger partial charge in [-0.3, -0.25) is 0 Å². The molecule has 1 aromatic carbocycles. The van der Waals surface area contributed by atoms with Gasteiger partial charge < -0.3 is 9.72 Å². The summed E-state index contributed by atoms with van der Waals surface area (Å²) in [6, 6.07) is 10.0. The Kier molecular flexibility index (Phi) is 3.37. The second-order valence-corrected chi connectivity index (χ2v) is 4.81. The van der Waals surface area contributed by atoms with E-state index in [1.807, 2.05) is 24.3 Å². The molecular weight excluding hydrogens is 250 g/mol. The average Bonchev–Trinajstić information content (AvgIpc) is 2.88. The number of hydrogen-bond donors (Lipinski definition) is 1. The summed E-state index contributed by atoms with van der Waals surface area (Å²) in [5.41, 5.74) is 3.81. The molecule has 3 aromatic rings. The first-order valence-corrected chi connectivity index (χ1v) is 6.82. The van der Waals surface area contributed by atoms with Gasteiger partial charge in [0.1, 0.15) is 11.6 Å². The monoisotopic (exact) mass is 267 g/mol. The van der Waals surface area contributed by atoms with Gasteiger partial charge in [0.2, 0.25) is 0 Å². The van der Waals surface area contributed by atoms with Crippen molar-refractivity contribution >= 4 is 11.2 Å². The third kappa shape index (κ3) is 2.37. The standard InChI is InChI=1S/C16H17N3O/c1-3-9-20-14-10-11(2)6-7-12(14)15-18-13-5-4-8-17-16(13)19-15/h4-8,10H,3,9H2,1-2H3,(H,17,18,19). The fourth-order valence-corrected chi connectivity index (χ4v) is 2.13. The zero-order valence-electron chi connectivity index (χ0n) is 11.7. The molecule has 102 valence electrons. The molecule has 4 nitrogen and oxygen atoms in total.